The lowest BCUT2D eigenvalue weighted by Gasteiger charge is -2.34. The number of piperidine rings is 1. The summed E-state index contributed by atoms with van der Waals surface area (Å²) in [5.74, 6) is 0.285. The lowest BCUT2D eigenvalue weighted by Crippen LogP contribution is -2.35. The number of anilines is 2. The zero-order chi connectivity index (χ0) is 12.3. The van der Waals surface area contributed by atoms with Gasteiger partial charge in [-0.05, 0) is 30.9 Å². The number of benzene rings is 1. The van der Waals surface area contributed by atoms with Crippen LogP contribution >= 0.6 is 0 Å². The van der Waals surface area contributed by atoms with Gasteiger partial charge in [0.15, 0.2) is 0 Å². The molecule has 1 aromatic rings. The molecule has 0 amide bonds. The zero-order valence-electron chi connectivity index (χ0n) is 10.2. The highest BCUT2D eigenvalue weighted by molar-refractivity contribution is 5.68. The average molecular weight is 238 g/mol. The molecule has 2 rings (SSSR count). The Morgan fingerprint density at radius 2 is 2.12 bits per heavy atom. The van der Waals surface area contributed by atoms with Gasteiger partial charge in [-0.25, -0.2) is 4.39 Å². The van der Waals surface area contributed by atoms with E-state index in [2.05, 4.69) is 4.90 Å². The fourth-order valence-electron chi connectivity index (χ4n) is 2.38. The highest BCUT2D eigenvalue weighted by atomic mass is 19.1. The number of ether oxygens (including phenoxy) is 1. The molecule has 4 heteroatoms. The van der Waals surface area contributed by atoms with Crippen LogP contribution in [-0.4, -0.2) is 26.8 Å². The number of halogens is 1. The van der Waals surface area contributed by atoms with Gasteiger partial charge in [-0.2, -0.15) is 0 Å². The predicted octanol–water partition coefficient (Wildman–Crippen LogP) is 2.27. The third-order valence-corrected chi connectivity index (χ3v) is 3.39. The Hall–Kier alpha value is -1.29. The van der Waals surface area contributed by atoms with Crippen LogP contribution in [-0.2, 0) is 4.74 Å². The summed E-state index contributed by atoms with van der Waals surface area (Å²) in [6.07, 6.45) is 2.15. The van der Waals surface area contributed by atoms with Gasteiger partial charge in [0.25, 0.3) is 0 Å². The van der Waals surface area contributed by atoms with Gasteiger partial charge in [-0.1, -0.05) is 6.07 Å². The second-order valence-corrected chi connectivity index (χ2v) is 4.56. The quantitative estimate of drug-likeness (QED) is 0.821. The van der Waals surface area contributed by atoms with E-state index in [0.717, 1.165) is 38.2 Å². The minimum absolute atomic E-state index is 0.262. The minimum atomic E-state index is -0.332. The molecule has 2 N–H and O–H groups in total. The van der Waals surface area contributed by atoms with Crippen molar-refractivity contribution in [1.29, 1.82) is 0 Å². The van der Waals surface area contributed by atoms with Gasteiger partial charge >= 0.3 is 0 Å². The van der Waals surface area contributed by atoms with Crippen molar-refractivity contribution in [1.82, 2.24) is 0 Å². The van der Waals surface area contributed by atoms with Crippen molar-refractivity contribution in [3.63, 3.8) is 0 Å². The van der Waals surface area contributed by atoms with Crippen LogP contribution < -0.4 is 10.6 Å². The molecular weight excluding hydrogens is 219 g/mol. The molecule has 94 valence electrons. The number of para-hydroxylation sites is 1. The summed E-state index contributed by atoms with van der Waals surface area (Å²) in [7, 11) is 1.73. The van der Waals surface area contributed by atoms with Crippen LogP contribution in [0.5, 0.6) is 0 Å². The highest BCUT2D eigenvalue weighted by Gasteiger charge is 2.21. The summed E-state index contributed by atoms with van der Waals surface area (Å²) in [6.45, 7) is 2.65. The second-order valence-electron chi connectivity index (χ2n) is 4.56. The van der Waals surface area contributed by atoms with E-state index in [0.29, 0.717) is 5.92 Å². The number of nitrogen functional groups attached to an aromatic ring is 1. The zero-order valence-corrected chi connectivity index (χ0v) is 10.2. The molecule has 0 radical (unpaired) electrons. The first-order chi connectivity index (χ1) is 8.22. The number of hydrogen-bond acceptors (Lipinski definition) is 3. The SMILES string of the molecule is COCC1CCN(c2cccc(F)c2N)CC1. The van der Waals surface area contributed by atoms with Crippen molar-refractivity contribution in [2.24, 2.45) is 5.92 Å². The number of methoxy groups -OCH3 is 1. The van der Waals surface area contributed by atoms with Gasteiger partial charge in [0.2, 0.25) is 0 Å². The van der Waals surface area contributed by atoms with Crippen LogP contribution in [0.2, 0.25) is 0 Å². The third kappa shape index (κ3) is 2.69. The number of hydrogen-bond donors (Lipinski definition) is 1. The molecule has 1 aliphatic heterocycles. The normalized spacial score (nSPS) is 17.4. The van der Waals surface area contributed by atoms with E-state index in [9.17, 15) is 4.39 Å². The van der Waals surface area contributed by atoms with Gasteiger partial charge in [0.1, 0.15) is 5.82 Å². The molecule has 1 aliphatic rings. The van der Waals surface area contributed by atoms with E-state index < -0.39 is 0 Å². The van der Waals surface area contributed by atoms with Crippen LogP contribution in [0.1, 0.15) is 12.8 Å². The molecular formula is C13H19FN2O. The molecule has 0 aromatic heterocycles. The van der Waals surface area contributed by atoms with Crippen LogP contribution in [0.15, 0.2) is 18.2 Å². The van der Waals surface area contributed by atoms with Crippen molar-refractivity contribution >= 4 is 11.4 Å². The minimum Gasteiger partial charge on any atom is -0.395 e. The van der Waals surface area contributed by atoms with Gasteiger partial charge in [0.05, 0.1) is 11.4 Å². The number of rotatable bonds is 3. The standard InChI is InChI=1S/C13H19FN2O/c1-17-9-10-5-7-16(8-6-10)12-4-2-3-11(14)13(12)15/h2-4,10H,5-9,15H2,1H3. The molecule has 1 heterocycles. The fourth-order valence-corrected chi connectivity index (χ4v) is 2.38. The summed E-state index contributed by atoms with van der Waals surface area (Å²) < 4.78 is 18.5. The van der Waals surface area contributed by atoms with E-state index in [1.54, 1.807) is 13.2 Å². The number of nitrogens with zero attached hydrogens (tertiary/aromatic N) is 1. The summed E-state index contributed by atoms with van der Waals surface area (Å²) in [5, 5.41) is 0. The number of nitrogens with two attached hydrogens (primary N) is 1. The Balaban J connectivity index is 2.03. The molecule has 1 fully saturated rings. The summed E-state index contributed by atoms with van der Waals surface area (Å²) in [4.78, 5) is 2.16. The summed E-state index contributed by atoms with van der Waals surface area (Å²) >= 11 is 0. The average Bonchev–Trinajstić information content (AvgIpc) is 2.34. The van der Waals surface area contributed by atoms with Gasteiger partial charge < -0.3 is 15.4 Å². The maximum Gasteiger partial charge on any atom is 0.148 e. The monoisotopic (exact) mass is 238 g/mol. The van der Waals surface area contributed by atoms with E-state index in [4.69, 9.17) is 10.5 Å². The van der Waals surface area contributed by atoms with Crippen LogP contribution in [0.25, 0.3) is 0 Å². The lowest BCUT2D eigenvalue weighted by atomic mass is 9.97. The van der Waals surface area contributed by atoms with Crippen LogP contribution in [0, 0.1) is 11.7 Å². The van der Waals surface area contributed by atoms with E-state index >= 15 is 0 Å². The molecule has 1 saturated heterocycles. The lowest BCUT2D eigenvalue weighted by molar-refractivity contribution is 0.139. The van der Waals surface area contributed by atoms with Crippen molar-refractivity contribution in [2.75, 3.05) is 37.4 Å². The van der Waals surface area contributed by atoms with Crippen molar-refractivity contribution in [3.8, 4) is 0 Å². The molecule has 0 aliphatic carbocycles. The van der Waals surface area contributed by atoms with Gasteiger partial charge in [0, 0.05) is 26.8 Å². The molecule has 0 bridgehead atoms. The Bertz CT molecular complexity index is 376. The summed E-state index contributed by atoms with van der Waals surface area (Å²) in [6, 6.07) is 4.99. The maximum atomic E-state index is 13.4. The Kier molecular flexibility index (Phi) is 3.84. The molecule has 0 atom stereocenters. The second kappa shape index (κ2) is 5.36. The fraction of sp³-hybridized carbons (Fsp3) is 0.538. The predicted molar refractivity (Wildman–Crippen MR) is 67.6 cm³/mol. The van der Waals surface area contributed by atoms with Gasteiger partial charge in [-0.3, -0.25) is 0 Å². The van der Waals surface area contributed by atoms with E-state index in [1.807, 2.05) is 6.07 Å². The first-order valence-electron chi connectivity index (χ1n) is 6.00. The Morgan fingerprint density at radius 3 is 2.76 bits per heavy atom. The smallest absolute Gasteiger partial charge is 0.148 e. The molecule has 1 aromatic carbocycles. The van der Waals surface area contributed by atoms with Crippen molar-refractivity contribution in [2.45, 2.75) is 12.8 Å². The van der Waals surface area contributed by atoms with Crippen molar-refractivity contribution < 1.29 is 9.13 Å². The van der Waals surface area contributed by atoms with Crippen LogP contribution in [0.4, 0.5) is 15.8 Å². The first-order valence-corrected chi connectivity index (χ1v) is 6.00. The van der Waals surface area contributed by atoms with E-state index in [-0.39, 0.29) is 11.5 Å². The summed E-state index contributed by atoms with van der Waals surface area (Å²) in [5.41, 5.74) is 6.85. The molecule has 17 heavy (non-hydrogen) atoms. The van der Waals surface area contributed by atoms with Crippen molar-refractivity contribution in [3.05, 3.63) is 24.0 Å². The van der Waals surface area contributed by atoms with Crippen LogP contribution in [0.3, 0.4) is 0 Å². The molecule has 0 saturated carbocycles. The van der Waals surface area contributed by atoms with Gasteiger partial charge in [-0.15, -0.1) is 0 Å². The first kappa shape index (κ1) is 12.2. The third-order valence-electron chi connectivity index (χ3n) is 3.39. The largest absolute Gasteiger partial charge is 0.395 e. The molecule has 3 nitrogen and oxygen atoms in total. The topological polar surface area (TPSA) is 38.5 Å². The highest BCUT2D eigenvalue weighted by Crippen LogP contribution is 2.29. The Morgan fingerprint density at radius 1 is 1.41 bits per heavy atom. The Labute approximate surface area is 101 Å². The molecule has 0 unspecified atom stereocenters. The maximum absolute atomic E-state index is 13.4. The van der Waals surface area contributed by atoms with E-state index in [1.165, 1.54) is 6.07 Å². The molecule has 0 spiro atoms.